The molecule has 2 N–H and O–H groups in total. The number of anilines is 1. The number of hydrogen-bond donors (Lipinski definition) is 2. The molecule has 130 valence electrons. The number of carbonyl (C=O) groups excluding carboxylic acids is 1. The van der Waals surface area contributed by atoms with Gasteiger partial charge in [-0.1, -0.05) is 25.6 Å². The lowest BCUT2D eigenvalue weighted by atomic mass is 10.1. The van der Waals surface area contributed by atoms with E-state index in [1.807, 2.05) is 31.4 Å². The highest BCUT2D eigenvalue weighted by molar-refractivity contribution is 8.01. The topological polar surface area (TPSA) is 70.7 Å². The number of nitrogens with one attached hydrogen (secondary N) is 2. The maximum atomic E-state index is 12.4. The van der Waals surface area contributed by atoms with E-state index in [2.05, 4.69) is 40.4 Å². The molecule has 3 aromatic rings. The molecule has 0 bridgehead atoms. The summed E-state index contributed by atoms with van der Waals surface area (Å²) in [6.45, 7) is 8.08. The Hall–Kier alpha value is -2.12. The number of aromatic nitrogens is 3. The number of aryl methyl sites for hydroxylation is 2. The van der Waals surface area contributed by atoms with E-state index in [9.17, 15) is 4.79 Å². The molecular weight excluding hydrogens is 352 g/mol. The second-order valence-corrected chi connectivity index (χ2v) is 8.33. The van der Waals surface area contributed by atoms with Crippen LogP contribution in [0.1, 0.15) is 47.2 Å². The molecule has 3 rings (SSSR count). The molecule has 0 atom stereocenters. The fourth-order valence-corrected chi connectivity index (χ4v) is 4.16. The van der Waals surface area contributed by atoms with Crippen molar-refractivity contribution in [2.24, 2.45) is 0 Å². The highest BCUT2D eigenvalue weighted by Crippen LogP contribution is 2.32. The summed E-state index contributed by atoms with van der Waals surface area (Å²) < 4.78 is 1.02. The molecule has 2 heterocycles. The third-order valence-electron chi connectivity index (χ3n) is 3.70. The van der Waals surface area contributed by atoms with Crippen LogP contribution in [0, 0.1) is 13.8 Å². The largest absolute Gasteiger partial charge is 0.320 e. The Kier molecular flexibility index (Phi) is 5.24. The zero-order valence-corrected chi connectivity index (χ0v) is 16.2. The molecule has 0 aliphatic heterocycles. The molecule has 5 nitrogen and oxygen atoms in total. The highest BCUT2D eigenvalue weighted by atomic mass is 32.2. The van der Waals surface area contributed by atoms with Gasteiger partial charge in [-0.25, -0.2) is 4.98 Å². The SMILES string of the molecule is Cc1csc(Sc2ccc(NC(=O)c3cc(C(C)C)[nH]n3)c(C)c2)n1. The predicted molar refractivity (Wildman–Crippen MR) is 103 cm³/mol. The summed E-state index contributed by atoms with van der Waals surface area (Å²) in [4.78, 5) is 17.9. The molecule has 0 radical (unpaired) electrons. The first-order valence-corrected chi connectivity index (χ1v) is 9.69. The Morgan fingerprint density at radius 2 is 2.08 bits per heavy atom. The second kappa shape index (κ2) is 7.41. The summed E-state index contributed by atoms with van der Waals surface area (Å²) >= 11 is 3.27. The number of nitrogens with zero attached hydrogens (tertiary/aromatic N) is 2. The number of benzene rings is 1. The summed E-state index contributed by atoms with van der Waals surface area (Å²) in [6, 6.07) is 7.77. The quantitative estimate of drug-likeness (QED) is 0.660. The van der Waals surface area contributed by atoms with E-state index in [-0.39, 0.29) is 5.91 Å². The van der Waals surface area contributed by atoms with Crippen molar-refractivity contribution in [3.8, 4) is 0 Å². The van der Waals surface area contributed by atoms with Gasteiger partial charge in [0.1, 0.15) is 0 Å². The summed E-state index contributed by atoms with van der Waals surface area (Å²) in [5, 5.41) is 12.0. The van der Waals surface area contributed by atoms with Crippen LogP contribution in [0.3, 0.4) is 0 Å². The number of hydrogen-bond acceptors (Lipinski definition) is 5. The van der Waals surface area contributed by atoms with Gasteiger partial charge in [0.15, 0.2) is 10.0 Å². The fraction of sp³-hybridized carbons (Fsp3) is 0.278. The Labute approximate surface area is 155 Å². The molecule has 0 unspecified atom stereocenters. The average molecular weight is 373 g/mol. The maximum Gasteiger partial charge on any atom is 0.276 e. The summed E-state index contributed by atoms with van der Waals surface area (Å²) in [5.41, 5.74) is 4.19. The van der Waals surface area contributed by atoms with Crippen LogP contribution in [0.5, 0.6) is 0 Å². The van der Waals surface area contributed by atoms with E-state index < -0.39 is 0 Å². The normalized spacial score (nSPS) is 11.1. The van der Waals surface area contributed by atoms with Crippen LogP contribution in [0.4, 0.5) is 5.69 Å². The third-order valence-corrected chi connectivity index (χ3v) is 5.75. The van der Waals surface area contributed by atoms with Gasteiger partial charge in [-0.3, -0.25) is 9.89 Å². The van der Waals surface area contributed by atoms with E-state index in [0.29, 0.717) is 11.6 Å². The molecule has 0 aliphatic carbocycles. The highest BCUT2D eigenvalue weighted by Gasteiger charge is 2.13. The first kappa shape index (κ1) is 17.7. The Bertz CT molecular complexity index is 898. The summed E-state index contributed by atoms with van der Waals surface area (Å²) in [7, 11) is 0. The standard InChI is InChI=1S/C18H20N4OS2/c1-10(2)15-8-16(22-21-15)17(23)20-14-6-5-13(7-11(14)3)25-18-19-12(4)9-24-18/h5-10H,1-4H3,(H,20,23)(H,21,22). The van der Waals surface area contributed by atoms with E-state index in [0.717, 1.165) is 31.9 Å². The average Bonchev–Trinajstić information content (AvgIpc) is 3.19. The van der Waals surface area contributed by atoms with Gasteiger partial charge >= 0.3 is 0 Å². The van der Waals surface area contributed by atoms with E-state index in [4.69, 9.17) is 0 Å². The molecule has 0 spiro atoms. The van der Waals surface area contributed by atoms with Crippen molar-refractivity contribution in [2.45, 2.75) is 42.8 Å². The predicted octanol–water partition coefficient (Wildman–Crippen LogP) is 5.01. The lowest BCUT2D eigenvalue weighted by Crippen LogP contribution is -2.13. The van der Waals surface area contributed by atoms with Crippen molar-refractivity contribution in [3.63, 3.8) is 0 Å². The van der Waals surface area contributed by atoms with Crippen LogP contribution in [0.15, 0.2) is 38.9 Å². The Morgan fingerprint density at radius 3 is 2.68 bits per heavy atom. The van der Waals surface area contributed by atoms with Crippen LogP contribution in [0.2, 0.25) is 0 Å². The molecule has 0 fully saturated rings. The van der Waals surface area contributed by atoms with Gasteiger partial charge in [-0.15, -0.1) is 11.3 Å². The lowest BCUT2D eigenvalue weighted by Gasteiger charge is -2.08. The van der Waals surface area contributed by atoms with Gasteiger partial charge in [0, 0.05) is 27.4 Å². The summed E-state index contributed by atoms with van der Waals surface area (Å²) in [6.07, 6.45) is 0. The van der Waals surface area contributed by atoms with Gasteiger partial charge in [-0.05, 0) is 49.6 Å². The molecule has 1 aromatic carbocycles. The fourth-order valence-electron chi connectivity index (χ4n) is 2.26. The number of thiazole rings is 1. The van der Waals surface area contributed by atoms with Gasteiger partial charge < -0.3 is 5.32 Å². The van der Waals surface area contributed by atoms with Crippen molar-refractivity contribution >= 4 is 34.7 Å². The Morgan fingerprint density at radius 1 is 1.28 bits per heavy atom. The van der Waals surface area contributed by atoms with Crippen LogP contribution < -0.4 is 5.32 Å². The first-order chi connectivity index (χ1) is 11.9. The molecule has 0 saturated heterocycles. The number of H-pyrrole nitrogens is 1. The molecule has 0 saturated carbocycles. The van der Waals surface area contributed by atoms with Crippen LogP contribution in [-0.2, 0) is 0 Å². The lowest BCUT2D eigenvalue weighted by molar-refractivity contribution is 0.102. The number of aromatic amines is 1. The summed E-state index contributed by atoms with van der Waals surface area (Å²) in [5.74, 6) is 0.101. The molecule has 7 heteroatoms. The number of amides is 1. The monoisotopic (exact) mass is 372 g/mol. The molecule has 1 amide bonds. The smallest absolute Gasteiger partial charge is 0.276 e. The van der Waals surface area contributed by atoms with Crippen LogP contribution in [0.25, 0.3) is 0 Å². The molecule has 25 heavy (non-hydrogen) atoms. The van der Waals surface area contributed by atoms with Crippen LogP contribution >= 0.6 is 23.1 Å². The van der Waals surface area contributed by atoms with Gasteiger partial charge in [0.25, 0.3) is 5.91 Å². The van der Waals surface area contributed by atoms with Crippen molar-refractivity contribution in [1.82, 2.24) is 15.2 Å². The molecule has 2 aromatic heterocycles. The number of rotatable bonds is 5. The second-order valence-electron chi connectivity index (χ2n) is 6.15. The van der Waals surface area contributed by atoms with E-state index >= 15 is 0 Å². The maximum absolute atomic E-state index is 12.4. The minimum absolute atomic E-state index is 0.206. The minimum Gasteiger partial charge on any atom is -0.320 e. The first-order valence-electron chi connectivity index (χ1n) is 7.99. The van der Waals surface area contributed by atoms with Crippen molar-refractivity contribution in [1.29, 1.82) is 0 Å². The Balaban J connectivity index is 1.71. The van der Waals surface area contributed by atoms with Gasteiger partial charge in [-0.2, -0.15) is 5.10 Å². The molecule has 0 aliphatic rings. The van der Waals surface area contributed by atoms with Gasteiger partial charge in [0.2, 0.25) is 0 Å². The zero-order chi connectivity index (χ0) is 18.0. The van der Waals surface area contributed by atoms with E-state index in [1.165, 1.54) is 0 Å². The zero-order valence-electron chi connectivity index (χ0n) is 14.6. The number of carbonyl (C=O) groups is 1. The van der Waals surface area contributed by atoms with Crippen molar-refractivity contribution in [3.05, 3.63) is 52.3 Å². The van der Waals surface area contributed by atoms with Crippen LogP contribution in [-0.4, -0.2) is 21.1 Å². The van der Waals surface area contributed by atoms with E-state index in [1.54, 1.807) is 29.2 Å². The minimum atomic E-state index is -0.206. The van der Waals surface area contributed by atoms with Crippen molar-refractivity contribution in [2.75, 3.05) is 5.32 Å². The molecular formula is C18H20N4OS2. The third kappa shape index (κ3) is 4.29. The van der Waals surface area contributed by atoms with Gasteiger partial charge in [0.05, 0.1) is 0 Å². The van der Waals surface area contributed by atoms with Crippen molar-refractivity contribution < 1.29 is 4.79 Å².